The summed E-state index contributed by atoms with van der Waals surface area (Å²) in [7, 11) is 1.53. The molecule has 0 atom stereocenters. The second-order valence-electron chi connectivity index (χ2n) is 6.26. The molecule has 144 valence electrons. The topological polar surface area (TPSA) is 74.7 Å². The van der Waals surface area contributed by atoms with Gasteiger partial charge in [0.1, 0.15) is 5.56 Å². The Labute approximate surface area is 159 Å². The first-order chi connectivity index (χ1) is 13.2. The van der Waals surface area contributed by atoms with Crippen molar-refractivity contribution < 1.29 is 9.53 Å². The second-order valence-corrected chi connectivity index (χ2v) is 6.26. The lowest BCUT2D eigenvalue weighted by Crippen LogP contribution is -2.49. The smallest absolute Gasteiger partial charge is 0.259 e. The molecule has 0 aromatic carbocycles. The van der Waals surface area contributed by atoms with Gasteiger partial charge >= 0.3 is 0 Å². The fourth-order valence-electron chi connectivity index (χ4n) is 3.23. The highest BCUT2D eigenvalue weighted by Crippen LogP contribution is 2.20. The Bertz CT molecular complexity index is 755. The number of nitrogens with zero attached hydrogens (tertiary/aromatic N) is 6. The van der Waals surface area contributed by atoms with Crippen molar-refractivity contribution in [2.24, 2.45) is 0 Å². The first-order valence-corrected chi connectivity index (χ1v) is 9.29. The van der Waals surface area contributed by atoms with E-state index in [0.717, 1.165) is 24.7 Å². The number of pyridine rings is 1. The van der Waals surface area contributed by atoms with Crippen molar-refractivity contribution in [1.29, 1.82) is 0 Å². The van der Waals surface area contributed by atoms with Crippen molar-refractivity contribution in [1.82, 2.24) is 20.1 Å². The monoisotopic (exact) mass is 370 g/mol. The normalized spacial score (nSPS) is 14.2. The van der Waals surface area contributed by atoms with Crippen LogP contribution in [0.15, 0.2) is 30.5 Å². The lowest BCUT2D eigenvalue weighted by molar-refractivity contribution is 0.0742. The summed E-state index contributed by atoms with van der Waals surface area (Å²) < 4.78 is 5.21. The fraction of sp³-hybridized carbons (Fsp3) is 0.474. The average Bonchev–Trinajstić information content (AvgIpc) is 2.74. The largest absolute Gasteiger partial charge is 0.480 e. The lowest BCUT2D eigenvalue weighted by atomic mass is 10.2. The van der Waals surface area contributed by atoms with Crippen LogP contribution in [0.3, 0.4) is 0 Å². The van der Waals surface area contributed by atoms with Crippen molar-refractivity contribution in [3.63, 3.8) is 0 Å². The van der Waals surface area contributed by atoms with Gasteiger partial charge in [-0.15, -0.1) is 10.2 Å². The molecule has 2 aromatic heterocycles. The Hall–Kier alpha value is -2.90. The van der Waals surface area contributed by atoms with Gasteiger partial charge in [0.25, 0.3) is 5.91 Å². The Morgan fingerprint density at radius 3 is 2.44 bits per heavy atom. The minimum Gasteiger partial charge on any atom is -0.480 e. The van der Waals surface area contributed by atoms with Crippen LogP contribution < -0.4 is 14.5 Å². The van der Waals surface area contributed by atoms with E-state index in [-0.39, 0.29) is 5.91 Å². The number of hydrogen-bond acceptors (Lipinski definition) is 7. The molecule has 0 bridgehead atoms. The van der Waals surface area contributed by atoms with Gasteiger partial charge in [-0.2, -0.15) is 0 Å². The van der Waals surface area contributed by atoms with Gasteiger partial charge in [0.05, 0.1) is 7.11 Å². The molecule has 1 fully saturated rings. The van der Waals surface area contributed by atoms with Gasteiger partial charge in [0.15, 0.2) is 11.6 Å². The zero-order valence-corrected chi connectivity index (χ0v) is 16.1. The molecule has 2 aromatic rings. The number of aromatic nitrogens is 3. The Kier molecular flexibility index (Phi) is 6.05. The third-order valence-corrected chi connectivity index (χ3v) is 4.81. The number of carbonyl (C=O) groups is 1. The van der Waals surface area contributed by atoms with Crippen LogP contribution in [0.2, 0.25) is 0 Å². The zero-order chi connectivity index (χ0) is 19.2. The van der Waals surface area contributed by atoms with Crippen LogP contribution in [-0.4, -0.2) is 72.4 Å². The summed E-state index contributed by atoms with van der Waals surface area (Å²) in [5.74, 6) is 2.04. The van der Waals surface area contributed by atoms with Gasteiger partial charge < -0.3 is 19.4 Å². The maximum atomic E-state index is 12.8. The van der Waals surface area contributed by atoms with Crippen LogP contribution in [0.25, 0.3) is 0 Å². The van der Waals surface area contributed by atoms with Gasteiger partial charge in [-0.1, -0.05) is 0 Å². The maximum Gasteiger partial charge on any atom is 0.259 e. The molecule has 1 saturated heterocycles. The fourth-order valence-corrected chi connectivity index (χ4v) is 3.23. The molecule has 1 aliphatic heterocycles. The van der Waals surface area contributed by atoms with Crippen molar-refractivity contribution in [2.45, 2.75) is 13.8 Å². The highest BCUT2D eigenvalue weighted by atomic mass is 16.5. The number of piperazine rings is 1. The van der Waals surface area contributed by atoms with E-state index in [1.54, 1.807) is 18.3 Å². The molecule has 0 aliphatic carbocycles. The van der Waals surface area contributed by atoms with E-state index >= 15 is 0 Å². The molecule has 0 unspecified atom stereocenters. The van der Waals surface area contributed by atoms with E-state index in [9.17, 15) is 4.79 Å². The van der Waals surface area contributed by atoms with E-state index in [0.29, 0.717) is 37.6 Å². The molecule has 27 heavy (non-hydrogen) atoms. The minimum absolute atomic E-state index is 0.0532. The number of carbonyl (C=O) groups excluding carboxylic acids is 1. The standard InChI is InChI=1S/C19H26N6O2/c1-4-23(5-2)16-8-9-17(22-21-16)24-11-13-25(14-12-24)19(26)15-7-6-10-20-18(15)27-3/h6-10H,4-5,11-14H2,1-3H3. The average molecular weight is 370 g/mol. The third kappa shape index (κ3) is 4.10. The van der Waals surface area contributed by atoms with Crippen LogP contribution >= 0.6 is 0 Å². The summed E-state index contributed by atoms with van der Waals surface area (Å²) in [6, 6.07) is 7.51. The van der Waals surface area contributed by atoms with Gasteiger partial charge in [0, 0.05) is 45.5 Å². The third-order valence-electron chi connectivity index (χ3n) is 4.81. The van der Waals surface area contributed by atoms with Crippen LogP contribution in [0, 0.1) is 0 Å². The number of rotatable bonds is 6. The van der Waals surface area contributed by atoms with Crippen LogP contribution in [0.1, 0.15) is 24.2 Å². The van der Waals surface area contributed by atoms with E-state index in [1.165, 1.54) is 7.11 Å². The first kappa shape index (κ1) is 18.9. The molecule has 0 spiro atoms. The molecule has 0 saturated carbocycles. The maximum absolute atomic E-state index is 12.8. The molecular formula is C19H26N6O2. The summed E-state index contributed by atoms with van der Waals surface area (Å²) in [5.41, 5.74) is 0.497. The molecule has 1 aliphatic rings. The van der Waals surface area contributed by atoms with Gasteiger partial charge in [0.2, 0.25) is 5.88 Å². The predicted octanol–water partition coefficient (Wildman–Crippen LogP) is 1.69. The molecule has 1 amide bonds. The number of hydrogen-bond donors (Lipinski definition) is 0. The van der Waals surface area contributed by atoms with Crippen molar-refractivity contribution in [2.75, 3.05) is 56.2 Å². The molecule has 8 heteroatoms. The number of anilines is 2. The Balaban J connectivity index is 1.62. The first-order valence-electron chi connectivity index (χ1n) is 9.29. The number of amides is 1. The summed E-state index contributed by atoms with van der Waals surface area (Å²) in [4.78, 5) is 23.0. The highest BCUT2D eigenvalue weighted by Gasteiger charge is 2.25. The van der Waals surface area contributed by atoms with Crippen LogP contribution in [-0.2, 0) is 0 Å². The summed E-state index contributed by atoms with van der Waals surface area (Å²) >= 11 is 0. The summed E-state index contributed by atoms with van der Waals surface area (Å²) in [6.45, 7) is 8.69. The second kappa shape index (κ2) is 8.66. The summed E-state index contributed by atoms with van der Waals surface area (Å²) in [5, 5.41) is 8.72. The molecular weight excluding hydrogens is 344 g/mol. The molecule has 8 nitrogen and oxygen atoms in total. The van der Waals surface area contributed by atoms with E-state index in [4.69, 9.17) is 4.74 Å². The SMILES string of the molecule is CCN(CC)c1ccc(N2CCN(C(=O)c3cccnc3OC)CC2)nn1. The predicted molar refractivity (Wildman–Crippen MR) is 104 cm³/mol. The zero-order valence-electron chi connectivity index (χ0n) is 16.1. The van der Waals surface area contributed by atoms with Gasteiger partial charge in [-0.05, 0) is 38.1 Å². The summed E-state index contributed by atoms with van der Waals surface area (Å²) in [6.07, 6.45) is 1.62. The molecule has 0 radical (unpaired) electrons. The van der Waals surface area contributed by atoms with Gasteiger partial charge in [-0.3, -0.25) is 4.79 Å². The quantitative estimate of drug-likeness (QED) is 0.766. The highest BCUT2D eigenvalue weighted by molar-refractivity contribution is 5.96. The van der Waals surface area contributed by atoms with Crippen molar-refractivity contribution in [3.8, 4) is 5.88 Å². The number of ether oxygens (including phenoxy) is 1. The van der Waals surface area contributed by atoms with E-state index in [1.807, 2.05) is 17.0 Å². The van der Waals surface area contributed by atoms with Gasteiger partial charge in [-0.25, -0.2) is 4.98 Å². The van der Waals surface area contributed by atoms with Crippen LogP contribution in [0.5, 0.6) is 5.88 Å². The van der Waals surface area contributed by atoms with Crippen molar-refractivity contribution >= 4 is 17.5 Å². The molecule has 3 rings (SSSR count). The molecule has 3 heterocycles. The Morgan fingerprint density at radius 1 is 1.11 bits per heavy atom. The lowest BCUT2D eigenvalue weighted by Gasteiger charge is -2.35. The minimum atomic E-state index is -0.0532. The van der Waals surface area contributed by atoms with Crippen LogP contribution in [0.4, 0.5) is 11.6 Å². The number of methoxy groups -OCH3 is 1. The van der Waals surface area contributed by atoms with E-state index < -0.39 is 0 Å². The van der Waals surface area contributed by atoms with E-state index in [2.05, 4.69) is 38.8 Å². The molecule has 0 N–H and O–H groups in total. The van der Waals surface area contributed by atoms with Crippen molar-refractivity contribution in [3.05, 3.63) is 36.0 Å². The Morgan fingerprint density at radius 2 is 1.85 bits per heavy atom.